The van der Waals surface area contributed by atoms with Crippen molar-refractivity contribution in [2.45, 2.75) is 38.5 Å². The van der Waals surface area contributed by atoms with E-state index in [1.165, 1.54) is 12.3 Å². The van der Waals surface area contributed by atoms with Crippen LogP contribution in [0, 0.1) is 11.7 Å². The number of oxazole rings is 1. The molecule has 1 N–H and O–H groups in total. The Bertz CT molecular complexity index is 805. The number of carbonyl (C=O) groups excluding carboxylic acids is 1. The topological polar surface area (TPSA) is 83.6 Å². The van der Waals surface area contributed by atoms with Crippen molar-refractivity contribution >= 4 is 11.9 Å². The molecule has 1 aliphatic heterocycles. The maximum Gasteiger partial charge on any atom is 0.303 e. The quantitative estimate of drug-likeness (QED) is 0.802. The molecule has 6 nitrogen and oxygen atoms in total. The fraction of sp³-hybridized carbons (Fsp3) is 0.450. The number of carboxylic acids is 1. The van der Waals surface area contributed by atoms with Crippen molar-refractivity contribution in [2.24, 2.45) is 5.92 Å². The van der Waals surface area contributed by atoms with Gasteiger partial charge in [0, 0.05) is 32.4 Å². The Labute approximate surface area is 157 Å². The second kappa shape index (κ2) is 8.79. The Morgan fingerprint density at radius 1 is 1.30 bits per heavy atom. The minimum atomic E-state index is -0.798. The molecule has 1 atom stereocenters. The molecule has 7 heteroatoms. The number of piperidine rings is 1. The summed E-state index contributed by atoms with van der Waals surface area (Å²) in [5.41, 5.74) is 0.347. The van der Waals surface area contributed by atoms with Gasteiger partial charge in [-0.25, -0.2) is 9.37 Å². The lowest BCUT2D eigenvalue weighted by atomic mass is 9.93. The summed E-state index contributed by atoms with van der Waals surface area (Å²) in [7, 11) is 0. The third kappa shape index (κ3) is 5.15. The summed E-state index contributed by atoms with van der Waals surface area (Å²) in [5.74, 6) is -0.165. The molecular weight excluding hydrogens is 351 g/mol. The van der Waals surface area contributed by atoms with E-state index in [-0.39, 0.29) is 30.5 Å². The number of amides is 1. The number of carboxylic acid groups (broad SMARTS) is 1. The van der Waals surface area contributed by atoms with Crippen molar-refractivity contribution in [3.63, 3.8) is 0 Å². The van der Waals surface area contributed by atoms with E-state index >= 15 is 0 Å². The van der Waals surface area contributed by atoms with Gasteiger partial charge in [-0.05, 0) is 37.3 Å². The lowest BCUT2D eigenvalue weighted by Gasteiger charge is -2.32. The van der Waals surface area contributed by atoms with Crippen molar-refractivity contribution in [3.8, 4) is 11.3 Å². The van der Waals surface area contributed by atoms with Gasteiger partial charge in [0.2, 0.25) is 5.91 Å². The van der Waals surface area contributed by atoms with Gasteiger partial charge in [0.15, 0.2) is 11.7 Å². The van der Waals surface area contributed by atoms with Crippen LogP contribution in [0.15, 0.2) is 34.9 Å². The first kappa shape index (κ1) is 19.1. The molecule has 1 saturated heterocycles. The molecule has 0 aliphatic carbocycles. The summed E-state index contributed by atoms with van der Waals surface area (Å²) in [6, 6.07) is 6.31. The number of rotatable bonds is 7. The van der Waals surface area contributed by atoms with Gasteiger partial charge >= 0.3 is 5.97 Å². The van der Waals surface area contributed by atoms with Crippen molar-refractivity contribution in [1.29, 1.82) is 0 Å². The van der Waals surface area contributed by atoms with Gasteiger partial charge in [-0.2, -0.15) is 0 Å². The number of nitrogens with zero attached hydrogens (tertiary/aromatic N) is 2. The molecule has 0 radical (unpaired) electrons. The second-order valence-electron chi connectivity index (χ2n) is 6.88. The molecule has 1 aliphatic rings. The van der Waals surface area contributed by atoms with E-state index in [0.29, 0.717) is 43.1 Å². The smallest absolute Gasteiger partial charge is 0.303 e. The molecule has 1 fully saturated rings. The first-order valence-corrected chi connectivity index (χ1v) is 9.22. The van der Waals surface area contributed by atoms with E-state index in [4.69, 9.17) is 9.52 Å². The molecule has 0 spiro atoms. The van der Waals surface area contributed by atoms with Crippen LogP contribution in [0.1, 0.15) is 38.0 Å². The van der Waals surface area contributed by atoms with E-state index in [0.717, 1.165) is 12.8 Å². The Balaban J connectivity index is 1.52. The Morgan fingerprint density at radius 3 is 2.89 bits per heavy atom. The molecule has 2 heterocycles. The third-order valence-corrected chi connectivity index (χ3v) is 4.88. The molecule has 0 bridgehead atoms. The molecule has 2 aromatic rings. The number of aliphatic carboxylic acids is 1. The number of hydrogen-bond donors (Lipinski definition) is 1. The fourth-order valence-corrected chi connectivity index (χ4v) is 3.44. The monoisotopic (exact) mass is 374 g/mol. The number of likely N-dealkylation sites (tertiary alicyclic amines) is 1. The molecule has 1 aromatic carbocycles. The first-order chi connectivity index (χ1) is 13.0. The van der Waals surface area contributed by atoms with Gasteiger partial charge in [-0.15, -0.1) is 0 Å². The maximum absolute atomic E-state index is 13.8. The van der Waals surface area contributed by atoms with Gasteiger partial charge in [0.1, 0.15) is 5.82 Å². The van der Waals surface area contributed by atoms with Crippen molar-refractivity contribution in [2.75, 3.05) is 13.1 Å². The molecule has 27 heavy (non-hydrogen) atoms. The highest BCUT2D eigenvalue weighted by Gasteiger charge is 2.24. The first-order valence-electron chi connectivity index (χ1n) is 9.22. The Hall–Kier alpha value is -2.70. The highest BCUT2D eigenvalue weighted by atomic mass is 19.1. The van der Waals surface area contributed by atoms with Crippen LogP contribution in [0.4, 0.5) is 4.39 Å². The number of hydrogen-bond acceptors (Lipinski definition) is 4. The van der Waals surface area contributed by atoms with E-state index < -0.39 is 5.97 Å². The summed E-state index contributed by atoms with van der Waals surface area (Å²) < 4.78 is 19.4. The summed E-state index contributed by atoms with van der Waals surface area (Å²) in [6.45, 7) is 1.31. The summed E-state index contributed by atoms with van der Waals surface area (Å²) in [5, 5.41) is 8.81. The van der Waals surface area contributed by atoms with Crippen LogP contribution in [0.2, 0.25) is 0 Å². The SMILES string of the molecule is O=C(O)CC[C@H]1CCCN(C(=O)CCc2ncc(-c3ccccc3F)o2)C1. The predicted octanol–water partition coefficient (Wildman–Crippen LogP) is 3.52. The van der Waals surface area contributed by atoms with Gasteiger partial charge in [0.25, 0.3) is 0 Å². The number of aryl methyl sites for hydroxylation is 1. The summed E-state index contributed by atoms with van der Waals surface area (Å²) >= 11 is 0. The zero-order valence-electron chi connectivity index (χ0n) is 15.1. The molecule has 3 rings (SSSR count). The zero-order valence-corrected chi connectivity index (χ0v) is 15.1. The van der Waals surface area contributed by atoms with Crippen LogP contribution in [0.25, 0.3) is 11.3 Å². The molecule has 0 unspecified atom stereocenters. The van der Waals surface area contributed by atoms with E-state index in [9.17, 15) is 14.0 Å². The van der Waals surface area contributed by atoms with Crippen LogP contribution in [0.5, 0.6) is 0 Å². The van der Waals surface area contributed by atoms with Gasteiger partial charge in [-0.3, -0.25) is 9.59 Å². The van der Waals surface area contributed by atoms with Crippen LogP contribution >= 0.6 is 0 Å². The van der Waals surface area contributed by atoms with Gasteiger partial charge < -0.3 is 14.4 Å². The van der Waals surface area contributed by atoms with Crippen LogP contribution in [-0.4, -0.2) is 40.0 Å². The number of halogens is 1. The van der Waals surface area contributed by atoms with Crippen molar-refractivity contribution in [3.05, 3.63) is 42.2 Å². The fourth-order valence-electron chi connectivity index (χ4n) is 3.44. The Morgan fingerprint density at radius 2 is 2.11 bits per heavy atom. The second-order valence-corrected chi connectivity index (χ2v) is 6.88. The van der Waals surface area contributed by atoms with Crippen molar-refractivity contribution in [1.82, 2.24) is 9.88 Å². The summed E-state index contributed by atoms with van der Waals surface area (Å²) in [4.78, 5) is 29.1. The molecule has 0 saturated carbocycles. The molecule has 144 valence electrons. The zero-order chi connectivity index (χ0) is 19.2. The minimum Gasteiger partial charge on any atom is -0.481 e. The number of benzene rings is 1. The van der Waals surface area contributed by atoms with Gasteiger partial charge in [0.05, 0.1) is 11.8 Å². The summed E-state index contributed by atoms with van der Waals surface area (Å²) in [6.07, 6.45) is 4.69. The lowest BCUT2D eigenvalue weighted by Crippen LogP contribution is -2.40. The average Bonchev–Trinajstić information content (AvgIpc) is 3.14. The van der Waals surface area contributed by atoms with E-state index in [2.05, 4.69) is 4.98 Å². The van der Waals surface area contributed by atoms with Crippen molar-refractivity contribution < 1.29 is 23.5 Å². The van der Waals surface area contributed by atoms with E-state index in [1.54, 1.807) is 23.1 Å². The highest BCUT2D eigenvalue weighted by molar-refractivity contribution is 5.76. The lowest BCUT2D eigenvalue weighted by molar-refractivity contribution is -0.137. The molecular formula is C20H23FN2O4. The maximum atomic E-state index is 13.8. The highest BCUT2D eigenvalue weighted by Crippen LogP contribution is 2.24. The number of carbonyl (C=O) groups is 2. The van der Waals surface area contributed by atoms with Crippen LogP contribution in [0.3, 0.4) is 0 Å². The number of aromatic nitrogens is 1. The molecule has 1 aromatic heterocycles. The minimum absolute atomic E-state index is 0.0145. The normalized spacial score (nSPS) is 17.1. The van der Waals surface area contributed by atoms with Crippen LogP contribution in [-0.2, 0) is 16.0 Å². The van der Waals surface area contributed by atoms with E-state index in [1.807, 2.05) is 0 Å². The molecule has 1 amide bonds. The predicted molar refractivity (Wildman–Crippen MR) is 96.4 cm³/mol. The van der Waals surface area contributed by atoms with Crippen LogP contribution < -0.4 is 0 Å². The Kier molecular flexibility index (Phi) is 6.21. The average molecular weight is 374 g/mol. The standard InChI is InChI=1S/C20H23FN2O4/c21-16-6-2-1-5-15(16)17-12-22-18(27-17)8-9-19(24)23-11-3-4-14(13-23)7-10-20(25)26/h1-2,5-6,12,14H,3-4,7-11,13H2,(H,25,26)/t14-/m1/s1. The largest absolute Gasteiger partial charge is 0.481 e. The third-order valence-electron chi connectivity index (χ3n) is 4.88. The van der Waals surface area contributed by atoms with Gasteiger partial charge in [-0.1, -0.05) is 12.1 Å².